The number of anilines is 1. The molecule has 0 spiro atoms. The van der Waals surface area contributed by atoms with Gasteiger partial charge in [-0.3, -0.25) is 0 Å². The third-order valence-electron chi connectivity index (χ3n) is 3.59. The van der Waals surface area contributed by atoms with Crippen LogP contribution in [0.25, 0.3) is 0 Å². The first kappa shape index (κ1) is 14.3. The summed E-state index contributed by atoms with van der Waals surface area (Å²) in [6.45, 7) is 4.58. The highest BCUT2D eigenvalue weighted by Gasteiger charge is 2.15. The van der Waals surface area contributed by atoms with Gasteiger partial charge in [0.1, 0.15) is 5.82 Å². The van der Waals surface area contributed by atoms with Crippen molar-refractivity contribution in [2.24, 2.45) is 5.92 Å². The Kier molecular flexibility index (Phi) is 5.61. The fraction of sp³-hybridized carbons (Fsp3) is 0.600. The van der Waals surface area contributed by atoms with Gasteiger partial charge in [0, 0.05) is 32.8 Å². The van der Waals surface area contributed by atoms with Crippen molar-refractivity contribution in [2.45, 2.75) is 12.8 Å². The molecule has 0 atom stereocenters. The number of hydrogen-bond donors (Lipinski definition) is 1. The van der Waals surface area contributed by atoms with E-state index in [1.54, 1.807) is 12.1 Å². The van der Waals surface area contributed by atoms with Gasteiger partial charge < -0.3 is 15.0 Å². The number of halogens is 1. The Labute approximate surface area is 114 Å². The molecule has 2 rings (SSSR count). The van der Waals surface area contributed by atoms with Crippen LogP contribution in [0.15, 0.2) is 24.3 Å². The Morgan fingerprint density at radius 3 is 2.79 bits per heavy atom. The number of hydrogen-bond acceptors (Lipinski definition) is 3. The SMILES string of the molecule is CN(CCNc1ccccc1F)CC1CCOCC1. The predicted molar refractivity (Wildman–Crippen MR) is 75.9 cm³/mol. The molecule has 19 heavy (non-hydrogen) atoms. The van der Waals surface area contributed by atoms with Crippen LogP contribution in [-0.4, -0.2) is 44.8 Å². The van der Waals surface area contributed by atoms with Crippen LogP contribution in [0.4, 0.5) is 10.1 Å². The molecule has 0 aliphatic carbocycles. The molecule has 3 nitrogen and oxygen atoms in total. The molecule has 0 bridgehead atoms. The molecule has 1 aliphatic rings. The van der Waals surface area contributed by atoms with Crippen LogP contribution in [0, 0.1) is 11.7 Å². The van der Waals surface area contributed by atoms with Gasteiger partial charge in [0.05, 0.1) is 5.69 Å². The highest BCUT2D eigenvalue weighted by Crippen LogP contribution is 2.15. The van der Waals surface area contributed by atoms with Crippen molar-refractivity contribution < 1.29 is 9.13 Å². The highest BCUT2D eigenvalue weighted by molar-refractivity contribution is 5.44. The van der Waals surface area contributed by atoms with Gasteiger partial charge in [-0.2, -0.15) is 0 Å². The van der Waals surface area contributed by atoms with Crippen LogP contribution in [0.3, 0.4) is 0 Å². The third kappa shape index (κ3) is 4.80. The number of benzene rings is 1. The number of nitrogens with zero attached hydrogens (tertiary/aromatic N) is 1. The molecule has 0 unspecified atom stereocenters. The van der Waals surface area contributed by atoms with Crippen molar-refractivity contribution in [2.75, 3.05) is 45.2 Å². The molecule has 1 N–H and O–H groups in total. The summed E-state index contributed by atoms with van der Waals surface area (Å²) in [4.78, 5) is 2.31. The predicted octanol–water partition coefficient (Wildman–Crippen LogP) is 2.60. The molecule has 0 radical (unpaired) electrons. The summed E-state index contributed by atoms with van der Waals surface area (Å²) in [5.41, 5.74) is 0.585. The number of para-hydroxylation sites is 1. The summed E-state index contributed by atoms with van der Waals surface area (Å²) in [6, 6.07) is 6.80. The summed E-state index contributed by atoms with van der Waals surface area (Å²) in [5, 5.41) is 3.14. The van der Waals surface area contributed by atoms with Gasteiger partial charge in [0.2, 0.25) is 0 Å². The molecular weight excluding hydrogens is 243 g/mol. The van der Waals surface area contributed by atoms with E-state index < -0.39 is 0 Å². The summed E-state index contributed by atoms with van der Waals surface area (Å²) < 4.78 is 18.8. The largest absolute Gasteiger partial charge is 0.381 e. The molecule has 1 aromatic carbocycles. The van der Waals surface area contributed by atoms with Crippen LogP contribution < -0.4 is 5.32 Å². The molecule has 0 aromatic heterocycles. The topological polar surface area (TPSA) is 24.5 Å². The smallest absolute Gasteiger partial charge is 0.146 e. The van der Waals surface area contributed by atoms with E-state index in [-0.39, 0.29) is 5.82 Å². The lowest BCUT2D eigenvalue weighted by Crippen LogP contribution is -2.32. The minimum atomic E-state index is -0.186. The number of nitrogens with one attached hydrogen (secondary N) is 1. The second-order valence-electron chi connectivity index (χ2n) is 5.22. The van der Waals surface area contributed by atoms with Crippen molar-refractivity contribution in [3.8, 4) is 0 Å². The first-order valence-electron chi connectivity index (χ1n) is 7.00. The Morgan fingerprint density at radius 1 is 1.32 bits per heavy atom. The van der Waals surface area contributed by atoms with E-state index in [9.17, 15) is 4.39 Å². The van der Waals surface area contributed by atoms with E-state index in [0.29, 0.717) is 5.69 Å². The molecule has 106 valence electrons. The zero-order valence-electron chi connectivity index (χ0n) is 11.6. The molecule has 1 fully saturated rings. The van der Waals surface area contributed by atoms with Crippen molar-refractivity contribution in [1.29, 1.82) is 0 Å². The van der Waals surface area contributed by atoms with Crippen molar-refractivity contribution in [3.63, 3.8) is 0 Å². The first-order chi connectivity index (χ1) is 9.25. The minimum Gasteiger partial charge on any atom is -0.381 e. The monoisotopic (exact) mass is 266 g/mol. The molecular formula is C15H23FN2O. The number of likely N-dealkylation sites (N-methyl/N-ethyl adjacent to an activating group) is 1. The van der Waals surface area contributed by atoms with E-state index in [4.69, 9.17) is 4.74 Å². The fourth-order valence-corrected chi connectivity index (χ4v) is 2.45. The normalized spacial score (nSPS) is 16.8. The highest BCUT2D eigenvalue weighted by atomic mass is 19.1. The average Bonchev–Trinajstić information content (AvgIpc) is 2.42. The number of ether oxygens (including phenoxy) is 1. The molecule has 1 saturated heterocycles. The standard InChI is InChI=1S/C15H23FN2O/c1-18(12-13-6-10-19-11-7-13)9-8-17-15-5-3-2-4-14(15)16/h2-5,13,17H,6-12H2,1H3. The lowest BCUT2D eigenvalue weighted by Gasteiger charge is -2.27. The molecule has 0 amide bonds. The molecule has 1 aliphatic heterocycles. The van der Waals surface area contributed by atoms with Gasteiger partial charge in [0.15, 0.2) is 0 Å². The Morgan fingerprint density at radius 2 is 2.05 bits per heavy atom. The Balaban J connectivity index is 1.66. The lowest BCUT2D eigenvalue weighted by molar-refractivity contribution is 0.0562. The molecule has 1 heterocycles. The van der Waals surface area contributed by atoms with Crippen molar-refractivity contribution in [3.05, 3.63) is 30.1 Å². The minimum absolute atomic E-state index is 0.186. The zero-order chi connectivity index (χ0) is 13.5. The van der Waals surface area contributed by atoms with Crippen molar-refractivity contribution in [1.82, 2.24) is 4.90 Å². The van der Waals surface area contributed by atoms with E-state index in [2.05, 4.69) is 17.3 Å². The molecule has 1 aromatic rings. The van der Waals surface area contributed by atoms with Gasteiger partial charge in [-0.25, -0.2) is 4.39 Å². The van der Waals surface area contributed by atoms with Crippen LogP contribution in [0.5, 0.6) is 0 Å². The Hall–Kier alpha value is -1.13. The summed E-state index contributed by atoms with van der Waals surface area (Å²) in [5.74, 6) is 0.557. The lowest BCUT2D eigenvalue weighted by atomic mass is 10.00. The average molecular weight is 266 g/mol. The third-order valence-corrected chi connectivity index (χ3v) is 3.59. The maximum Gasteiger partial charge on any atom is 0.146 e. The van der Waals surface area contributed by atoms with Crippen LogP contribution in [0.1, 0.15) is 12.8 Å². The van der Waals surface area contributed by atoms with Gasteiger partial charge in [-0.1, -0.05) is 12.1 Å². The summed E-state index contributed by atoms with van der Waals surface area (Å²) >= 11 is 0. The molecule has 0 saturated carbocycles. The number of rotatable bonds is 6. The van der Waals surface area contributed by atoms with Crippen molar-refractivity contribution >= 4 is 5.69 Å². The summed E-state index contributed by atoms with van der Waals surface area (Å²) in [6.07, 6.45) is 2.32. The second-order valence-corrected chi connectivity index (χ2v) is 5.22. The van der Waals surface area contributed by atoms with Gasteiger partial charge >= 0.3 is 0 Å². The van der Waals surface area contributed by atoms with Crippen LogP contribution in [-0.2, 0) is 4.74 Å². The van der Waals surface area contributed by atoms with Crippen LogP contribution in [0.2, 0.25) is 0 Å². The van der Waals surface area contributed by atoms with E-state index in [0.717, 1.165) is 51.6 Å². The maximum absolute atomic E-state index is 13.4. The Bertz CT molecular complexity index is 380. The quantitative estimate of drug-likeness (QED) is 0.856. The first-order valence-corrected chi connectivity index (χ1v) is 7.00. The second kappa shape index (κ2) is 7.46. The fourth-order valence-electron chi connectivity index (χ4n) is 2.45. The zero-order valence-corrected chi connectivity index (χ0v) is 11.6. The van der Waals surface area contributed by atoms with E-state index in [1.165, 1.54) is 6.07 Å². The maximum atomic E-state index is 13.4. The molecule has 4 heteroatoms. The van der Waals surface area contributed by atoms with E-state index in [1.807, 2.05) is 6.07 Å². The van der Waals surface area contributed by atoms with E-state index >= 15 is 0 Å². The van der Waals surface area contributed by atoms with Gasteiger partial charge in [-0.05, 0) is 37.9 Å². The van der Waals surface area contributed by atoms with Gasteiger partial charge in [-0.15, -0.1) is 0 Å². The van der Waals surface area contributed by atoms with Crippen LogP contribution >= 0.6 is 0 Å². The summed E-state index contributed by atoms with van der Waals surface area (Å²) in [7, 11) is 2.12. The van der Waals surface area contributed by atoms with Gasteiger partial charge in [0.25, 0.3) is 0 Å².